The van der Waals surface area contributed by atoms with Gasteiger partial charge in [0.25, 0.3) is 0 Å². The van der Waals surface area contributed by atoms with Crippen molar-refractivity contribution in [3.8, 4) is 0 Å². The molecule has 2 heterocycles. The van der Waals surface area contributed by atoms with E-state index in [1.54, 1.807) is 30.7 Å². The Balaban J connectivity index is 1.65. The first-order valence-electron chi connectivity index (χ1n) is 7.21. The van der Waals surface area contributed by atoms with Crippen LogP contribution in [0, 0.1) is 5.82 Å². The first-order valence-corrected chi connectivity index (χ1v) is 7.21. The Kier molecular flexibility index (Phi) is 4.39. The number of hydrogen-bond acceptors (Lipinski definition) is 5. The Hall–Kier alpha value is -2.34. The number of halogens is 1. The van der Waals surface area contributed by atoms with E-state index in [2.05, 4.69) is 20.0 Å². The number of hydrogen-bond donors (Lipinski definition) is 1. The topological polar surface area (TPSA) is 61.6 Å². The second-order valence-electron chi connectivity index (χ2n) is 5.40. The standard InChI is InChI=1S/C16H17FN4O/c17-14-3-1-12(2-4-14)16(20-22)11-21-8-5-13(10-21)15-9-18-6-7-19-15/h1-4,6-7,9,13,22H,5,8,10-11H2/b20-16+. The molecule has 6 heteroatoms. The van der Waals surface area contributed by atoms with Crippen molar-refractivity contribution >= 4 is 5.71 Å². The summed E-state index contributed by atoms with van der Waals surface area (Å²) < 4.78 is 13.0. The predicted molar refractivity (Wildman–Crippen MR) is 80.6 cm³/mol. The highest BCUT2D eigenvalue weighted by molar-refractivity contribution is 6.01. The van der Waals surface area contributed by atoms with Gasteiger partial charge in [0.15, 0.2) is 0 Å². The number of benzene rings is 1. The van der Waals surface area contributed by atoms with E-state index in [9.17, 15) is 9.60 Å². The molecular formula is C16H17FN4O. The second-order valence-corrected chi connectivity index (χ2v) is 5.40. The van der Waals surface area contributed by atoms with Gasteiger partial charge in [-0.05, 0) is 25.1 Å². The molecule has 22 heavy (non-hydrogen) atoms. The number of rotatable bonds is 4. The van der Waals surface area contributed by atoms with Crippen LogP contribution in [0.5, 0.6) is 0 Å². The fourth-order valence-electron chi connectivity index (χ4n) is 2.77. The number of oxime groups is 1. The zero-order valence-corrected chi connectivity index (χ0v) is 12.1. The highest BCUT2D eigenvalue weighted by Gasteiger charge is 2.26. The van der Waals surface area contributed by atoms with Gasteiger partial charge in [0.2, 0.25) is 0 Å². The van der Waals surface area contributed by atoms with Crippen LogP contribution >= 0.6 is 0 Å². The van der Waals surface area contributed by atoms with E-state index in [0.29, 0.717) is 18.2 Å². The lowest BCUT2D eigenvalue weighted by Gasteiger charge is -2.16. The molecule has 1 aromatic carbocycles. The van der Waals surface area contributed by atoms with Gasteiger partial charge in [0, 0.05) is 43.2 Å². The summed E-state index contributed by atoms with van der Waals surface area (Å²) >= 11 is 0. The van der Waals surface area contributed by atoms with Crippen molar-refractivity contribution < 1.29 is 9.60 Å². The van der Waals surface area contributed by atoms with Crippen LogP contribution in [0.15, 0.2) is 48.0 Å². The third kappa shape index (κ3) is 3.28. The van der Waals surface area contributed by atoms with E-state index in [-0.39, 0.29) is 5.82 Å². The van der Waals surface area contributed by atoms with Gasteiger partial charge in [0.1, 0.15) is 11.5 Å². The third-order valence-electron chi connectivity index (χ3n) is 3.95. The molecule has 1 atom stereocenters. The summed E-state index contributed by atoms with van der Waals surface area (Å²) in [4.78, 5) is 10.7. The maximum atomic E-state index is 13.0. The Morgan fingerprint density at radius 3 is 2.82 bits per heavy atom. The van der Waals surface area contributed by atoms with E-state index >= 15 is 0 Å². The second kappa shape index (κ2) is 6.62. The van der Waals surface area contributed by atoms with Crippen LogP contribution < -0.4 is 0 Å². The molecule has 1 fully saturated rings. The summed E-state index contributed by atoms with van der Waals surface area (Å²) in [5.74, 6) is 0.0480. The molecular weight excluding hydrogens is 283 g/mol. The fraction of sp³-hybridized carbons (Fsp3) is 0.312. The summed E-state index contributed by atoms with van der Waals surface area (Å²) in [5, 5.41) is 12.6. The zero-order chi connectivity index (χ0) is 15.4. The van der Waals surface area contributed by atoms with Gasteiger partial charge in [-0.15, -0.1) is 0 Å². The van der Waals surface area contributed by atoms with Crippen molar-refractivity contribution in [2.24, 2.45) is 5.16 Å². The molecule has 0 bridgehead atoms. The largest absolute Gasteiger partial charge is 0.411 e. The first-order chi connectivity index (χ1) is 10.8. The van der Waals surface area contributed by atoms with Crippen molar-refractivity contribution in [2.45, 2.75) is 12.3 Å². The van der Waals surface area contributed by atoms with Crippen molar-refractivity contribution in [2.75, 3.05) is 19.6 Å². The Labute approximate surface area is 128 Å². The summed E-state index contributed by atoms with van der Waals surface area (Å²) in [5.41, 5.74) is 2.26. The van der Waals surface area contributed by atoms with E-state index in [1.165, 1.54) is 12.1 Å². The average molecular weight is 300 g/mol. The number of aromatic nitrogens is 2. The Bertz CT molecular complexity index is 645. The summed E-state index contributed by atoms with van der Waals surface area (Å²) in [6.45, 7) is 2.28. The number of nitrogens with zero attached hydrogens (tertiary/aromatic N) is 4. The maximum Gasteiger partial charge on any atom is 0.123 e. The van der Waals surface area contributed by atoms with Gasteiger partial charge >= 0.3 is 0 Å². The molecule has 114 valence electrons. The van der Waals surface area contributed by atoms with Crippen molar-refractivity contribution in [1.82, 2.24) is 14.9 Å². The van der Waals surface area contributed by atoms with E-state index in [0.717, 1.165) is 30.8 Å². The van der Waals surface area contributed by atoms with Crippen molar-refractivity contribution in [3.05, 3.63) is 59.9 Å². The van der Waals surface area contributed by atoms with E-state index in [1.807, 2.05) is 0 Å². The molecule has 3 rings (SSSR count). The van der Waals surface area contributed by atoms with Gasteiger partial charge in [-0.25, -0.2) is 4.39 Å². The Morgan fingerprint density at radius 1 is 1.32 bits per heavy atom. The summed E-state index contributed by atoms with van der Waals surface area (Å²) in [6, 6.07) is 5.99. The smallest absolute Gasteiger partial charge is 0.123 e. The predicted octanol–water partition coefficient (Wildman–Crippen LogP) is 2.28. The van der Waals surface area contributed by atoms with E-state index < -0.39 is 0 Å². The van der Waals surface area contributed by atoms with Crippen molar-refractivity contribution in [1.29, 1.82) is 0 Å². The van der Waals surface area contributed by atoms with Crippen LogP contribution in [-0.4, -0.2) is 45.4 Å². The lowest BCUT2D eigenvalue weighted by Crippen LogP contribution is -2.28. The van der Waals surface area contributed by atoms with Gasteiger partial charge < -0.3 is 5.21 Å². The van der Waals surface area contributed by atoms with Crippen LogP contribution in [0.2, 0.25) is 0 Å². The van der Waals surface area contributed by atoms with Gasteiger partial charge in [-0.2, -0.15) is 0 Å². The highest BCUT2D eigenvalue weighted by atomic mass is 19.1. The minimum Gasteiger partial charge on any atom is -0.411 e. The SMILES string of the molecule is O/N=C(\CN1CCC(c2cnccn2)C1)c1ccc(F)cc1. The summed E-state index contributed by atoms with van der Waals surface area (Å²) in [7, 11) is 0. The van der Waals surface area contributed by atoms with Crippen LogP contribution in [0.3, 0.4) is 0 Å². The minimum absolute atomic E-state index is 0.301. The molecule has 2 aromatic rings. The van der Waals surface area contributed by atoms with Crippen molar-refractivity contribution in [3.63, 3.8) is 0 Å². The number of likely N-dealkylation sites (tertiary alicyclic amines) is 1. The highest BCUT2D eigenvalue weighted by Crippen LogP contribution is 2.25. The third-order valence-corrected chi connectivity index (χ3v) is 3.95. The van der Waals surface area contributed by atoms with Gasteiger partial charge in [-0.1, -0.05) is 17.3 Å². The van der Waals surface area contributed by atoms with E-state index in [4.69, 9.17) is 0 Å². The molecule has 1 saturated heterocycles. The van der Waals surface area contributed by atoms with Crippen LogP contribution in [0.25, 0.3) is 0 Å². The average Bonchev–Trinajstić information content (AvgIpc) is 3.03. The van der Waals surface area contributed by atoms with Gasteiger partial charge in [0.05, 0.1) is 5.69 Å². The molecule has 1 N–H and O–H groups in total. The lowest BCUT2D eigenvalue weighted by molar-refractivity contribution is 0.311. The van der Waals surface area contributed by atoms with Crippen LogP contribution in [-0.2, 0) is 0 Å². The Morgan fingerprint density at radius 2 is 2.14 bits per heavy atom. The molecule has 0 spiro atoms. The summed E-state index contributed by atoms with van der Waals surface area (Å²) in [6.07, 6.45) is 6.17. The quantitative estimate of drug-likeness (QED) is 0.534. The molecule has 1 aliphatic rings. The first kappa shape index (κ1) is 14.6. The molecule has 0 saturated carbocycles. The molecule has 0 amide bonds. The lowest BCUT2D eigenvalue weighted by atomic mass is 10.1. The van der Waals surface area contributed by atoms with Gasteiger partial charge in [-0.3, -0.25) is 14.9 Å². The monoisotopic (exact) mass is 300 g/mol. The maximum absolute atomic E-state index is 13.0. The molecule has 1 aliphatic heterocycles. The molecule has 0 radical (unpaired) electrons. The van der Waals surface area contributed by atoms with Crippen LogP contribution in [0.1, 0.15) is 23.6 Å². The van der Waals surface area contributed by atoms with Crippen LogP contribution in [0.4, 0.5) is 4.39 Å². The molecule has 1 unspecified atom stereocenters. The molecule has 1 aromatic heterocycles. The molecule has 0 aliphatic carbocycles. The fourth-order valence-corrected chi connectivity index (χ4v) is 2.77. The minimum atomic E-state index is -0.301. The zero-order valence-electron chi connectivity index (χ0n) is 12.1. The normalized spacial score (nSPS) is 19.5. The molecule has 5 nitrogen and oxygen atoms in total.